The molecule has 5 N–H and O–H groups in total. The van der Waals surface area contributed by atoms with Crippen LogP contribution in [0.3, 0.4) is 0 Å². The van der Waals surface area contributed by atoms with Gasteiger partial charge in [-0.25, -0.2) is 18.2 Å². The van der Waals surface area contributed by atoms with Gasteiger partial charge in [-0.3, -0.25) is 9.78 Å². The van der Waals surface area contributed by atoms with Crippen LogP contribution in [-0.4, -0.2) is 44.8 Å². The van der Waals surface area contributed by atoms with E-state index in [4.69, 9.17) is 10.8 Å². The van der Waals surface area contributed by atoms with Gasteiger partial charge in [0.1, 0.15) is 28.8 Å². The third-order valence-electron chi connectivity index (χ3n) is 6.60. The zero-order chi connectivity index (χ0) is 26.0. The van der Waals surface area contributed by atoms with E-state index in [1.165, 1.54) is 6.20 Å². The Hall–Kier alpha value is -3.34. The van der Waals surface area contributed by atoms with E-state index in [-0.39, 0.29) is 36.1 Å². The Labute approximate surface area is 206 Å². The number of pyridine rings is 2. The molecule has 1 fully saturated rings. The van der Waals surface area contributed by atoms with E-state index in [2.05, 4.69) is 15.3 Å². The van der Waals surface area contributed by atoms with Crippen LogP contribution >= 0.6 is 0 Å². The first-order valence-corrected chi connectivity index (χ1v) is 11.6. The largest absolute Gasteiger partial charge is 0.396 e. The molecule has 7 nitrogen and oxygen atoms in total. The average Bonchev–Trinajstić information content (AvgIpc) is 2.83. The molecule has 36 heavy (non-hydrogen) atoms. The first-order valence-electron chi connectivity index (χ1n) is 11.6. The summed E-state index contributed by atoms with van der Waals surface area (Å²) in [5.74, 6) is -3.88. The van der Waals surface area contributed by atoms with Crippen molar-refractivity contribution in [3.8, 4) is 11.3 Å². The zero-order valence-electron chi connectivity index (χ0n) is 19.6. The molecule has 0 radical (unpaired) electrons. The topological polar surface area (TPSA) is 121 Å². The van der Waals surface area contributed by atoms with Crippen LogP contribution in [0.1, 0.15) is 47.3 Å². The highest BCUT2D eigenvalue weighted by Gasteiger charge is 2.34. The molecule has 0 saturated heterocycles. The number of carbonyl (C=O) groups excluding carboxylic acids is 1. The fraction of sp³-hybridized carbons (Fsp3) is 0.346. The molecule has 1 saturated carbocycles. The van der Waals surface area contributed by atoms with Crippen LogP contribution in [-0.2, 0) is 6.42 Å². The first-order chi connectivity index (χ1) is 17.2. The molecule has 1 amide bonds. The summed E-state index contributed by atoms with van der Waals surface area (Å²) in [5, 5.41) is 21.9. The number of aliphatic hydroxyl groups excluding tert-OH is 2. The van der Waals surface area contributed by atoms with Gasteiger partial charge in [0.05, 0.1) is 23.6 Å². The minimum atomic E-state index is -1.05. The number of benzene rings is 1. The van der Waals surface area contributed by atoms with Crippen molar-refractivity contribution >= 4 is 11.6 Å². The quantitative estimate of drug-likeness (QED) is 0.411. The summed E-state index contributed by atoms with van der Waals surface area (Å²) >= 11 is 0. The predicted molar refractivity (Wildman–Crippen MR) is 128 cm³/mol. The number of anilines is 1. The number of amides is 1. The number of nitrogens with zero attached hydrogens (tertiary/aromatic N) is 2. The van der Waals surface area contributed by atoms with Gasteiger partial charge in [-0.15, -0.1) is 0 Å². The monoisotopic (exact) mass is 500 g/mol. The molecule has 1 aliphatic carbocycles. The van der Waals surface area contributed by atoms with Crippen molar-refractivity contribution in [2.75, 3.05) is 11.9 Å². The molecule has 3 aromatic rings. The standard InChI is InChI=1S/C26H27F3N4O3/c1-13-8-15(11-20(30)25(13)35)16-4-6-31-12-22(16)33-26(36)21-3-2-17(27)24(32-21)23-18(28)9-14(5-7-34)10-19(23)29/h2-4,6,9-10,12-13,15,20,25,34-35H,5,7-8,11,30H2,1H3,(H,33,36). The van der Waals surface area contributed by atoms with E-state index in [0.29, 0.717) is 18.5 Å². The highest BCUT2D eigenvalue weighted by molar-refractivity contribution is 6.03. The number of aliphatic hydroxyl groups is 2. The molecular weight excluding hydrogens is 473 g/mol. The van der Waals surface area contributed by atoms with E-state index in [0.717, 1.165) is 29.8 Å². The van der Waals surface area contributed by atoms with Crippen LogP contribution in [0.4, 0.5) is 18.9 Å². The van der Waals surface area contributed by atoms with E-state index >= 15 is 0 Å². The second-order valence-electron chi connectivity index (χ2n) is 9.15. The summed E-state index contributed by atoms with van der Waals surface area (Å²) in [7, 11) is 0. The first kappa shape index (κ1) is 25.7. The van der Waals surface area contributed by atoms with E-state index in [1.807, 2.05) is 6.92 Å². The predicted octanol–water partition coefficient (Wildman–Crippen LogP) is 3.55. The van der Waals surface area contributed by atoms with Crippen LogP contribution in [0.15, 0.2) is 42.7 Å². The van der Waals surface area contributed by atoms with Gasteiger partial charge in [0.15, 0.2) is 0 Å². The molecule has 2 aromatic heterocycles. The van der Waals surface area contributed by atoms with Gasteiger partial charge in [-0.1, -0.05) is 6.92 Å². The molecule has 4 rings (SSSR count). The van der Waals surface area contributed by atoms with Crippen LogP contribution in [0, 0.1) is 23.4 Å². The minimum absolute atomic E-state index is 0.0313. The summed E-state index contributed by atoms with van der Waals surface area (Å²) in [6.45, 7) is 1.61. The molecule has 1 aliphatic rings. The highest BCUT2D eigenvalue weighted by atomic mass is 19.1. The third-order valence-corrected chi connectivity index (χ3v) is 6.60. The number of hydrogen-bond donors (Lipinski definition) is 4. The van der Waals surface area contributed by atoms with Crippen LogP contribution < -0.4 is 11.1 Å². The highest BCUT2D eigenvalue weighted by Crippen LogP contribution is 2.38. The Morgan fingerprint density at radius 2 is 1.86 bits per heavy atom. The molecule has 10 heteroatoms. The average molecular weight is 501 g/mol. The lowest BCUT2D eigenvalue weighted by molar-refractivity contribution is 0.0521. The Bertz CT molecular complexity index is 1240. The van der Waals surface area contributed by atoms with Crippen LogP contribution in [0.25, 0.3) is 11.3 Å². The number of aromatic nitrogens is 2. The summed E-state index contributed by atoms with van der Waals surface area (Å²) in [4.78, 5) is 21.0. The molecule has 190 valence electrons. The van der Waals surface area contributed by atoms with Gasteiger partial charge in [0, 0.05) is 18.8 Å². The molecule has 0 spiro atoms. The number of rotatable bonds is 6. The van der Waals surface area contributed by atoms with Gasteiger partial charge in [-0.2, -0.15) is 0 Å². The van der Waals surface area contributed by atoms with Crippen molar-refractivity contribution in [3.05, 3.63) is 77.0 Å². The Balaban J connectivity index is 1.63. The lowest BCUT2D eigenvalue weighted by Gasteiger charge is -2.36. The molecule has 4 atom stereocenters. The summed E-state index contributed by atoms with van der Waals surface area (Å²) < 4.78 is 43.9. The summed E-state index contributed by atoms with van der Waals surface area (Å²) in [6, 6.07) is 5.39. The number of nitrogens with two attached hydrogens (primary N) is 1. The summed E-state index contributed by atoms with van der Waals surface area (Å²) in [5.41, 5.74) is 5.91. The van der Waals surface area contributed by atoms with Crippen LogP contribution in [0.5, 0.6) is 0 Å². The lowest BCUT2D eigenvalue weighted by Crippen LogP contribution is -2.44. The van der Waals surface area contributed by atoms with Crippen molar-refractivity contribution in [3.63, 3.8) is 0 Å². The van der Waals surface area contributed by atoms with E-state index in [9.17, 15) is 23.1 Å². The zero-order valence-corrected chi connectivity index (χ0v) is 19.6. The fourth-order valence-electron chi connectivity index (χ4n) is 4.75. The molecule has 4 unspecified atom stereocenters. The number of hydrogen-bond acceptors (Lipinski definition) is 6. The third kappa shape index (κ3) is 5.25. The van der Waals surface area contributed by atoms with Gasteiger partial charge in [0.2, 0.25) is 0 Å². The normalized spacial score (nSPS) is 21.9. The Morgan fingerprint density at radius 1 is 1.14 bits per heavy atom. The van der Waals surface area contributed by atoms with Gasteiger partial charge < -0.3 is 21.3 Å². The van der Waals surface area contributed by atoms with Gasteiger partial charge in [-0.05, 0) is 72.6 Å². The smallest absolute Gasteiger partial charge is 0.274 e. The van der Waals surface area contributed by atoms with Crippen molar-refractivity contribution in [2.45, 2.75) is 44.2 Å². The second kappa shape index (κ2) is 10.7. The number of carbonyl (C=O) groups is 1. The van der Waals surface area contributed by atoms with Gasteiger partial charge in [0.25, 0.3) is 5.91 Å². The summed E-state index contributed by atoms with van der Waals surface area (Å²) in [6.07, 6.45) is 3.66. The molecule has 0 bridgehead atoms. The maximum atomic E-state index is 14.7. The molecule has 0 aliphatic heterocycles. The maximum absolute atomic E-state index is 14.7. The van der Waals surface area contributed by atoms with E-state index < -0.39 is 46.8 Å². The number of nitrogens with one attached hydrogen (secondary N) is 1. The molecular formula is C26H27F3N4O3. The van der Waals surface area contributed by atoms with Crippen molar-refractivity contribution < 1.29 is 28.2 Å². The van der Waals surface area contributed by atoms with Crippen LogP contribution in [0.2, 0.25) is 0 Å². The molecule has 2 heterocycles. The Morgan fingerprint density at radius 3 is 2.53 bits per heavy atom. The van der Waals surface area contributed by atoms with Crippen molar-refractivity contribution in [1.82, 2.24) is 9.97 Å². The number of halogens is 3. The Kier molecular flexibility index (Phi) is 7.67. The lowest BCUT2D eigenvalue weighted by atomic mass is 9.74. The maximum Gasteiger partial charge on any atom is 0.274 e. The van der Waals surface area contributed by atoms with Crippen molar-refractivity contribution in [2.24, 2.45) is 11.7 Å². The molecule has 1 aromatic carbocycles. The fourth-order valence-corrected chi connectivity index (χ4v) is 4.75. The van der Waals surface area contributed by atoms with Crippen molar-refractivity contribution in [1.29, 1.82) is 0 Å². The van der Waals surface area contributed by atoms with Gasteiger partial charge >= 0.3 is 0 Å². The second-order valence-corrected chi connectivity index (χ2v) is 9.15. The SMILES string of the molecule is CC1CC(c2ccncc2NC(=O)c2ccc(F)c(-c3c(F)cc(CCO)cc3F)n2)CC(N)C1O. The minimum Gasteiger partial charge on any atom is -0.396 e. The van der Waals surface area contributed by atoms with E-state index in [1.54, 1.807) is 12.3 Å².